The highest BCUT2D eigenvalue weighted by atomic mass is 32.1. The molecule has 0 spiro atoms. The molecule has 4 nitrogen and oxygen atoms in total. The van der Waals surface area contributed by atoms with E-state index in [2.05, 4.69) is 10.3 Å². The summed E-state index contributed by atoms with van der Waals surface area (Å²) in [5.41, 5.74) is -1.24. The van der Waals surface area contributed by atoms with Crippen molar-refractivity contribution in [2.45, 2.75) is 51.1 Å². The van der Waals surface area contributed by atoms with Crippen LogP contribution in [0.1, 0.15) is 34.8 Å². The van der Waals surface area contributed by atoms with Gasteiger partial charge < -0.3 is 10.4 Å². The van der Waals surface area contributed by atoms with E-state index in [1.165, 1.54) is 11.3 Å². The number of amides is 1. The first-order valence-corrected chi connectivity index (χ1v) is 7.39. The van der Waals surface area contributed by atoms with Crippen LogP contribution >= 0.6 is 11.3 Å². The zero-order valence-electron chi connectivity index (χ0n) is 11.5. The number of rotatable bonds is 5. The van der Waals surface area contributed by atoms with E-state index in [4.69, 9.17) is 0 Å². The maximum absolute atomic E-state index is 13.8. The first-order valence-electron chi connectivity index (χ1n) is 6.58. The number of hydrogen-bond donors (Lipinski definition) is 2. The maximum atomic E-state index is 13.8. The molecule has 20 heavy (non-hydrogen) atoms. The number of thiazole rings is 1. The van der Waals surface area contributed by atoms with Gasteiger partial charge in [0.2, 0.25) is 0 Å². The Hall–Kier alpha value is -1.08. The Labute approximate surface area is 120 Å². The number of carbonyl (C=O) groups excluding carboxylic acids is 1. The highest BCUT2D eigenvalue weighted by Gasteiger charge is 2.60. The predicted molar refractivity (Wildman–Crippen MR) is 72.0 cm³/mol. The molecule has 1 aliphatic carbocycles. The molecule has 1 amide bonds. The molecule has 0 aliphatic heterocycles. The predicted octanol–water partition coefficient (Wildman–Crippen LogP) is 1.97. The lowest BCUT2D eigenvalue weighted by molar-refractivity contribution is -0.215. The van der Waals surface area contributed by atoms with Crippen LogP contribution in [0.4, 0.5) is 8.78 Å². The Kier molecular flexibility index (Phi) is 4.11. The Morgan fingerprint density at radius 3 is 2.60 bits per heavy atom. The van der Waals surface area contributed by atoms with E-state index < -0.39 is 17.4 Å². The fraction of sp³-hybridized carbons (Fsp3) is 0.692. The zero-order chi connectivity index (χ0) is 15.0. The van der Waals surface area contributed by atoms with Crippen molar-refractivity contribution in [2.75, 3.05) is 6.54 Å². The van der Waals surface area contributed by atoms with Crippen molar-refractivity contribution in [3.8, 4) is 0 Å². The minimum absolute atomic E-state index is 0.0295. The third-order valence-corrected chi connectivity index (χ3v) is 4.88. The van der Waals surface area contributed by atoms with Gasteiger partial charge in [-0.3, -0.25) is 4.79 Å². The zero-order valence-corrected chi connectivity index (χ0v) is 12.3. The number of aryl methyl sites for hydroxylation is 2. The molecule has 112 valence electrons. The van der Waals surface area contributed by atoms with Crippen molar-refractivity contribution in [1.29, 1.82) is 0 Å². The van der Waals surface area contributed by atoms with Crippen LogP contribution in [0.25, 0.3) is 0 Å². The molecular weight excluding hydrogens is 286 g/mol. The molecule has 0 saturated heterocycles. The van der Waals surface area contributed by atoms with Gasteiger partial charge >= 0.3 is 5.92 Å². The van der Waals surface area contributed by atoms with Gasteiger partial charge in [0.1, 0.15) is 5.60 Å². The van der Waals surface area contributed by atoms with Gasteiger partial charge in [-0.2, -0.15) is 8.78 Å². The van der Waals surface area contributed by atoms with Crippen molar-refractivity contribution in [1.82, 2.24) is 10.3 Å². The summed E-state index contributed by atoms with van der Waals surface area (Å²) in [7, 11) is 0. The summed E-state index contributed by atoms with van der Waals surface area (Å²) < 4.78 is 27.5. The summed E-state index contributed by atoms with van der Waals surface area (Å²) in [6, 6.07) is 0. The lowest BCUT2D eigenvalue weighted by atomic mass is 9.75. The van der Waals surface area contributed by atoms with E-state index >= 15 is 0 Å². The molecule has 1 saturated carbocycles. The van der Waals surface area contributed by atoms with E-state index in [9.17, 15) is 18.7 Å². The smallest absolute Gasteiger partial charge is 0.352 e. The van der Waals surface area contributed by atoms with Gasteiger partial charge in [-0.05, 0) is 33.1 Å². The quantitative estimate of drug-likeness (QED) is 0.874. The van der Waals surface area contributed by atoms with E-state index in [1.54, 1.807) is 0 Å². The topological polar surface area (TPSA) is 62.2 Å². The molecule has 1 aromatic rings. The van der Waals surface area contributed by atoms with Crippen molar-refractivity contribution in [3.63, 3.8) is 0 Å². The molecule has 0 atom stereocenters. The molecule has 2 rings (SSSR count). The lowest BCUT2D eigenvalue weighted by Gasteiger charge is -2.41. The summed E-state index contributed by atoms with van der Waals surface area (Å²) in [6.45, 7) is 3.92. The van der Waals surface area contributed by atoms with E-state index in [1.807, 2.05) is 13.8 Å². The highest BCUT2D eigenvalue weighted by Crippen LogP contribution is 2.44. The van der Waals surface area contributed by atoms with Gasteiger partial charge in [0.15, 0.2) is 0 Å². The van der Waals surface area contributed by atoms with Crippen molar-refractivity contribution < 1.29 is 18.7 Å². The third-order valence-electron chi connectivity index (χ3n) is 3.75. The molecule has 1 heterocycles. The molecule has 1 aliphatic rings. The van der Waals surface area contributed by atoms with E-state index in [0.717, 1.165) is 15.6 Å². The van der Waals surface area contributed by atoms with Crippen LogP contribution in [0.15, 0.2) is 0 Å². The molecule has 0 aromatic carbocycles. The van der Waals surface area contributed by atoms with Gasteiger partial charge in [-0.15, -0.1) is 11.3 Å². The van der Waals surface area contributed by atoms with Crippen molar-refractivity contribution >= 4 is 17.2 Å². The minimum atomic E-state index is -3.72. The first kappa shape index (κ1) is 15.3. The Balaban J connectivity index is 1.86. The second kappa shape index (κ2) is 5.37. The molecule has 2 N–H and O–H groups in total. The molecule has 1 aromatic heterocycles. The van der Waals surface area contributed by atoms with Gasteiger partial charge in [0, 0.05) is 17.8 Å². The number of aromatic nitrogens is 1. The maximum Gasteiger partial charge on any atom is 0.352 e. The minimum Gasteiger partial charge on any atom is -0.383 e. The van der Waals surface area contributed by atoms with Crippen LogP contribution in [-0.4, -0.2) is 34.1 Å². The molecule has 7 heteroatoms. The number of aliphatic hydroxyl groups is 1. The summed E-state index contributed by atoms with van der Waals surface area (Å²) in [5.74, 6) is -5.12. The van der Waals surface area contributed by atoms with Gasteiger partial charge in [-0.25, -0.2) is 4.98 Å². The molecule has 0 bridgehead atoms. The van der Waals surface area contributed by atoms with Crippen LogP contribution in [0.5, 0.6) is 0 Å². The summed E-state index contributed by atoms with van der Waals surface area (Å²) in [4.78, 5) is 16.9. The molecule has 0 radical (unpaired) electrons. The first-order chi connectivity index (χ1) is 9.26. The Morgan fingerprint density at radius 2 is 2.15 bits per heavy atom. The summed E-state index contributed by atoms with van der Waals surface area (Å²) in [5, 5.41) is 12.6. The molecular formula is C13H18F2N2O2S. The normalized spacial score (nSPS) is 17.6. The van der Waals surface area contributed by atoms with Crippen LogP contribution in [0.2, 0.25) is 0 Å². The van der Waals surface area contributed by atoms with Gasteiger partial charge in [-0.1, -0.05) is 0 Å². The fourth-order valence-electron chi connectivity index (χ4n) is 2.08. The molecule has 0 unspecified atom stereocenters. The van der Waals surface area contributed by atoms with E-state index in [0.29, 0.717) is 12.8 Å². The largest absolute Gasteiger partial charge is 0.383 e. The number of nitrogens with zero attached hydrogens (tertiary/aromatic N) is 1. The van der Waals surface area contributed by atoms with Crippen LogP contribution in [-0.2, 0) is 11.2 Å². The third kappa shape index (κ3) is 2.69. The lowest BCUT2D eigenvalue weighted by Crippen LogP contribution is -2.60. The molecule has 1 fully saturated rings. The average Bonchev–Trinajstić information content (AvgIpc) is 2.65. The summed E-state index contributed by atoms with van der Waals surface area (Å²) in [6.07, 6.45) is 0.882. The van der Waals surface area contributed by atoms with Crippen molar-refractivity contribution in [2.24, 2.45) is 0 Å². The van der Waals surface area contributed by atoms with Crippen LogP contribution in [0, 0.1) is 13.8 Å². The second-order valence-electron chi connectivity index (χ2n) is 5.21. The number of nitrogens with one attached hydrogen (secondary N) is 1. The SMILES string of the molecule is Cc1nc(CCNC(=O)C(F)(F)C2(O)CCC2)sc1C. The number of alkyl halides is 2. The standard InChI is InChI=1S/C13H18F2N2O2S/c1-8-9(2)20-10(17-8)4-7-16-11(18)13(14,15)12(19)5-3-6-12/h19H,3-7H2,1-2H3,(H,16,18). The Morgan fingerprint density at radius 1 is 1.50 bits per heavy atom. The second-order valence-corrected chi connectivity index (χ2v) is 6.50. The number of hydrogen-bond acceptors (Lipinski definition) is 4. The van der Waals surface area contributed by atoms with Crippen LogP contribution in [0.3, 0.4) is 0 Å². The summed E-state index contributed by atoms with van der Waals surface area (Å²) >= 11 is 1.50. The number of halogens is 2. The average molecular weight is 304 g/mol. The van der Waals surface area contributed by atoms with E-state index in [-0.39, 0.29) is 19.4 Å². The van der Waals surface area contributed by atoms with Gasteiger partial charge in [0.05, 0.1) is 10.7 Å². The highest BCUT2D eigenvalue weighted by molar-refractivity contribution is 7.11. The van der Waals surface area contributed by atoms with Crippen LogP contribution < -0.4 is 5.32 Å². The van der Waals surface area contributed by atoms with Gasteiger partial charge in [0.25, 0.3) is 5.91 Å². The van der Waals surface area contributed by atoms with Crippen molar-refractivity contribution in [3.05, 3.63) is 15.6 Å². The fourth-order valence-corrected chi connectivity index (χ4v) is 3.01. The Bertz CT molecular complexity index is 493. The number of carbonyl (C=O) groups is 1. The monoisotopic (exact) mass is 304 g/mol.